The zero-order valence-corrected chi connectivity index (χ0v) is 7.51. The van der Waals surface area contributed by atoms with Gasteiger partial charge in [0.25, 0.3) is 0 Å². The number of rotatable bonds is 3. The van der Waals surface area contributed by atoms with Gasteiger partial charge < -0.3 is 10.1 Å². The topological polar surface area (TPSA) is 55.4 Å². The van der Waals surface area contributed by atoms with Crippen molar-refractivity contribution in [2.45, 2.75) is 20.3 Å². The van der Waals surface area contributed by atoms with Crippen LogP contribution in [0, 0.1) is 0 Å². The summed E-state index contributed by atoms with van der Waals surface area (Å²) < 4.78 is 4.40. The van der Waals surface area contributed by atoms with E-state index in [2.05, 4.69) is 10.1 Å². The summed E-state index contributed by atoms with van der Waals surface area (Å²) in [5.41, 5.74) is 0.564. The van der Waals surface area contributed by atoms with E-state index < -0.39 is 5.97 Å². The van der Waals surface area contributed by atoms with Crippen LogP contribution >= 0.6 is 0 Å². The first-order valence-electron chi connectivity index (χ1n) is 3.66. The number of ether oxygens (including phenoxy) is 1. The molecule has 0 saturated carbocycles. The zero-order valence-electron chi connectivity index (χ0n) is 7.51. The second kappa shape index (κ2) is 5.35. The van der Waals surface area contributed by atoms with E-state index in [9.17, 15) is 9.59 Å². The van der Waals surface area contributed by atoms with E-state index >= 15 is 0 Å². The highest BCUT2D eigenvalue weighted by Crippen LogP contribution is 1.95. The Morgan fingerprint density at radius 2 is 2.08 bits per heavy atom. The molecule has 0 aromatic rings. The van der Waals surface area contributed by atoms with Crippen molar-refractivity contribution in [2.24, 2.45) is 0 Å². The maximum absolute atomic E-state index is 10.7. The van der Waals surface area contributed by atoms with Gasteiger partial charge in [-0.1, -0.05) is 6.92 Å². The summed E-state index contributed by atoms with van der Waals surface area (Å²) in [7, 11) is 1.29. The number of amides is 1. The summed E-state index contributed by atoms with van der Waals surface area (Å²) in [5.74, 6) is -0.646. The highest BCUT2D eigenvalue weighted by molar-refractivity contribution is 5.84. The Morgan fingerprint density at radius 1 is 1.50 bits per heavy atom. The maximum atomic E-state index is 10.7. The minimum Gasteiger partial charge on any atom is -0.466 e. The van der Waals surface area contributed by atoms with Crippen molar-refractivity contribution >= 4 is 11.9 Å². The summed E-state index contributed by atoms with van der Waals surface area (Å²) >= 11 is 0. The summed E-state index contributed by atoms with van der Waals surface area (Å²) in [4.78, 5) is 21.3. The van der Waals surface area contributed by atoms with Crippen molar-refractivity contribution in [3.63, 3.8) is 0 Å². The summed E-state index contributed by atoms with van der Waals surface area (Å²) in [5, 5.41) is 2.52. The molecular weight excluding hydrogens is 158 g/mol. The summed E-state index contributed by atoms with van der Waals surface area (Å²) in [6.45, 7) is 3.23. The number of hydrogen-bond donors (Lipinski definition) is 1. The predicted octanol–water partition coefficient (Wildman–Crippen LogP) is 0.589. The lowest BCUT2D eigenvalue weighted by atomic mass is 10.3. The number of nitrogens with one attached hydrogen (secondary N) is 1. The van der Waals surface area contributed by atoms with Crippen LogP contribution in [0.1, 0.15) is 20.3 Å². The first kappa shape index (κ1) is 10.7. The van der Waals surface area contributed by atoms with Gasteiger partial charge in [-0.05, 0) is 6.42 Å². The lowest BCUT2D eigenvalue weighted by molar-refractivity contribution is -0.134. The van der Waals surface area contributed by atoms with E-state index in [1.807, 2.05) is 6.92 Å². The van der Waals surface area contributed by atoms with Gasteiger partial charge in [0.15, 0.2) is 0 Å². The molecular formula is C8H13NO3. The van der Waals surface area contributed by atoms with Gasteiger partial charge in [0.05, 0.1) is 7.11 Å². The fraction of sp³-hybridized carbons (Fsp3) is 0.500. The average Bonchev–Trinajstić information content (AvgIpc) is 2.02. The van der Waals surface area contributed by atoms with Gasteiger partial charge in [-0.2, -0.15) is 0 Å². The van der Waals surface area contributed by atoms with E-state index in [4.69, 9.17) is 0 Å². The number of esters is 1. The first-order chi connectivity index (χ1) is 5.60. The lowest BCUT2D eigenvalue weighted by Crippen LogP contribution is -2.19. The van der Waals surface area contributed by atoms with Crippen LogP contribution in [-0.2, 0) is 14.3 Å². The van der Waals surface area contributed by atoms with Crippen LogP contribution in [0.4, 0.5) is 0 Å². The van der Waals surface area contributed by atoms with Crippen molar-refractivity contribution in [2.75, 3.05) is 7.11 Å². The third-order valence-corrected chi connectivity index (χ3v) is 1.21. The van der Waals surface area contributed by atoms with Crippen LogP contribution in [0.25, 0.3) is 0 Å². The second-order valence-electron chi connectivity index (χ2n) is 2.23. The monoisotopic (exact) mass is 171 g/mol. The van der Waals surface area contributed by atoms with Gasteiger partial charge in [0, 0.05) is 18.7 Å². The minimum absolute atomic E-state index is 0.188. The number of methoxy groups -OCH3 is 1. The number of carbonyl (C=O) groups is 2. The smallest absolute Gasteiger partial charge is 0.332 e. The highest BCUT2D eigenvalue weighted by Gasteiger charge is 2.00. The van der Waals surface area contributed by atoms with Crippen molar-refractivity contribution in [1.82, 2.24) is 5.32 Å². The van der Waals surface area contributed by atoms with Crippen LogP contribution in [0.2, 0.25) is 0 Å². The second-order valence-corrected chi connectivity index (χ2v) is 2.23. The van der Waals surface area contributed by atoms with Gasteiger partial charge in [0.2, 0.25) is 5.91 Å². The fourth-order valence-electron chi connectivity index (χ4n) is 0.654. The lowest BCUT2D eigenvalue weighted by Gasteiger charge is -2.03. The molecule has 0 atom stereocenters. The van der Waals surface area contributed by atoms with Gasteiger partial charge in [-0.15, -0.1) is 0 Å². The van der Waals surface area contributed by atoms with Crippen LogP contribution < -0.4 is 5.32 Å². The molecule has 0 rings (SSSR count). The summed E-state index contributed by atoms with van der Waals surface area (Å²) in [6.07, 6.45) is 1.86. The van der Waals surface area contributed by atoms with E-state index in [0.29, 0.717) is 12.1 Å². The molecule has 0 aliphatic carbocycles. The van der Waals surface area contributed by atoms with Crippen molar-refractivity contribution < 1.29 is 14.3 Å². The van der Waals surface area contributed by atoms with Crippen LogP contribution in [0.15, 0.2) is 11.8 Å². The van der Waals surface area contributed by atoms with Crippen molar-refractivity contribution in [3.8, 4) is 0 Å². The number of hydrogen-bond acceptors (Lipinski definition) is 3. The van der Waals surface area contributed by atoms with E-state index in [1.54, 1.807) is 0 Å². The van der Waals surface area contributed by atoms with Crippen LogP contribution in [0.5, 0.6) is 0 Å². The molecule has 0 unspecified atom stereocenters. The van der Waals surface area contributed by atoms with Crippen molar-refractivity contribution in [1.29, 1.82) is 0 Å². The van der Waals surface area contributed by atoms with Crippen LogP contribution in [-0.4, -0.2) is 19.0 Å². The Labute approximate surface area is 71.6 Å². The highest BCUT2D eigenvalue weighted by atomic mass is 16.5. The molecule has 0 aliphatic rings. The zero-order chi connectivity index (χ0) is 9.56. The van der Waals surface area contributed by atoms with Gasteiger partial charge in [-0.3, -0.25) is 4.79 Å². The quantitative estimate of drug-likeness (QED) is 0.499. The van der Waals surface area contributed by atoms with Gasteiger partial charge >= 0.3 is 5.97 Å². The molecule has 1 N–H and O–H groups in total. The fourth-order valence-corrected chi connectivity index (χ4v) is 0.654. The molecule has 12 heavy (non-hydrogen) atoms. The summed E-state index contributed by atoms with van der Waals surface area (Å²) in [6, 6.07) is 0. The standard InChI is InChI=1S/C8H13NO3/c1-4-7(9-6(2)10)5-8(11)12-3/h5H,4H2,1-3H3,(H,9,10). The molecule has 0 spiro atoms. The Balaban J connectivity index is 4.22. The first-order valence-corrected chi connectivity index (χ1v) is 3.66. The Morgan fingerprint density at radius 3 is 2.42 bits per heavy atom. The Hall–Kier alpha value is -1.32. The molecule has 68 valence electrons. The largest absolute Gasteiger partial charge is 0.466 e. The molecule has 4 heteroatoms. The minimum atomic E-state index is -0.458. The molecule has 0 aromatic carbocycles. The third-order valence-electron chi connectivity index (χ3n) is 1.21. The van der Waals surface area contributed by atoms with E-state index in [-0.39, 0.29) is 5.91 Å². The molecule has 4 nitrogen and oxygen atoms in total. The van der Waals surface area contributed by atoms with Gasteiger partial charge in [-0.25, -0.2) is 4.79 Å². The Bertz CT molecular complexity index is 208. The predicted molar refractivity (Wildman–Crippen MR) is 44.2 cm³/mol. The van der Waals surface area contributed by atoms with E-state index in [0.717, 1.165) is 0 Å². The van der Waals surface area contributed by atoms with E-state index in [1.165, 1.54) is 20.1 Å². The van der Waals surface area contributed by atoms with Gasteiger partial charge in [0.1, 0.15) is 0 Å². The normalized spacial score (nSPS) is 10.8. The molecule has 0 radical (unpaired) electrons. The molecule has 0 aromatic heterocycles. The molecule has 0 heterocycles. The number of carbonyl (C=O) groups excluding carboxylic acids is 2. The maximum Gasteiger partial charge on any atom is 0.332 e. The molecule has 0 bridgehead atoms. The number of allylic oxidation sites excluding steroid dienone is 1. The van der Waals surface area contributed by atoms with Crippen LogP contribution in [0.3, 0.4) is 0 Å². The SMILES string of the molecule is CCC(=CC(=O)OC)NC(C)=O. The third kappa shape index (κ3) is 4.49. The van der Waals surface area contributed by atoms with Crippen molar-refractivity contribution in [3.05, 3.63) is 11.8 Å². The average molecular weight is 171 g/mol. The Kier molecular flexibility index (Phi) is 4.76. The molecule has 0 fully saturated rings. The molecule has 1 amide bonds. The molecule has 0 saturated heterocycles. The molecule has 0 aliphatic heterocycles.